The van der Waals surface area contributed by atoms with Crippen molar-refractivity contribution in [2.45, 2.75) is 19.4 Å². The lowest BCUT2D eigenvalue weighted by atomic mass is 10.2. The quantitative estimate of drug-likeness (QED) is 0.600. The predicted octanol–water partition coefficient (Wildman–Crippen LogP) is 2.24. The number of unbranched alkanes of at least 4 members (excludes halogenated alkanes) is 1. The summed E-state index contributed by atoms with van der Waals surface area (Å²) in [6.45, 7) is 3.65. The molecular weight excluding hydrogens is 270 g/mol. The van der Waals surface area contributed by atoms with E-state index in [0.29, 0.717) is 13.2 Å². The summed E-state index contributed by atoms with van der Waals surface area (Å²) in [5.74, 6) is 1.59. The SMILES string of the molecule is COCCCCOc1c(CNCCOC)cccc1OC. The Morgan fingerprint density at radius 3 is 2.43 bits per heavy atom. The van der Waals surface area contributed by atoms with Crippen LogP contribution in [0.2, 0.25) is 0 Å². The minimum Gasteiger partial charge on any atom is -0.493 e. The van der Waals surface area contributed by atoms with Crippen molar-refractivity contribution < 1.29 is 18.9 Å². The molecule has 0 unspecified atom stereocenters. The number of hydrogen-bond acceptors (Lipinski definition) is 5. The zero-order chi connectivity index (χ0) is 15.3. The lowest BCUT2D eigenvalue weighted by Gasteiger charge is -2.15. The highest BCUT2D eigenvalue weighted by Crippen LogP contribution is 2.31. The third-order valence-corrected chi connectivity index (χ3v) is 3.07. The van der Waals surface area contributed by atoms with E-state index in [1.54, 1.807) is 21.3 Å². The summed E-state index contributed by atoms with van der Waals surface area (Å²) in [5, 5.41) is 3.32. The second-order valence-corrected chi connectivity index (χ2v) is 4.67. The van der Waals surface area contributed by atoms with Gasteiger partial charge < -0.3 is 24.3 Å². The van der Waals surface area contributed by atoms with Crippen LogP contribution in [0.3, 0.4) is 0 Å². The molecule has 0 saturated heterocycles. The molecule has 0 bridgehead atoms. The van der Waals surface area contributed by atoms with Gasteiger partial charge in [-0.1, -0.05) is 12.1 Å². The van der Waals surface area contributed by atoms with Gasteiger partial charge in [0.05, 0.1) is 20.3 Å². The Balaban J connectivity index is 2.55. The number of benzene rings is 1. The van der Waals surface area contributed by atoms with E-state index in [1.807, 2.05) is 18.2 Å². The number of methoxy groups -OCH3 is 3. The van der Waals surface area contributed by atoms with Crippen molar-refractivity contribution in [1.82, 2.24) is 5.32 Å². The molecule has 1 rings (SSSR count). The molecule has 0 radical (unpaired) electrons. The van der Waals surface area contributed by atoms with Crippen LogP contribution < -0.4 is 14.8 Å². The first-order valence-electron chi connectivity index (χ1n) is 7.30. The molecule has 0 fully saturated rings. The van der Waals surface area contributed by atoms with E-state index in [9.17, 15) is 0 Å². The van der Waals surface area contributed by atoms with E-state index in [-0.39, 0.29) is 0 Å². The van der Waals surface area contributed by atoms with Crippen LogP contribution in [0, 0.1) is 0 Å². The van der Waals surface area contributed by atoms with Crippen molar-refractivity contribution in [2.75, 3.05) is 47.7 Å². The summed E-state index contributed by atoms with van der Waals surface area (Å²) in [7, 11) is 5.07. The fourth-order valence-corrected chi connectivity index (χ4v) is 1.95. The van der Waals surface area contributed by atoms with Crippen molar-refractivity contribution in [3.63, 3.8) is 0 Å². The molecule has 0 saturated carbocycles. The molecule has 1 N–H and O–H groups in total. The molecule has 0 aliphatic carbocycles. The maximum atomic E-state index is 5.91. The summed E-state index contributed by atoms with van der Waals surface area (Å²) in [5.41, 5.74) is 1.09. The van der Waals surface area contributed by atoms with Crippen LogP contribution in [0.5, 0.6) is 11.5 Å². The van der Waals surface area contributed by atoms with Crippen LogP contribution in [0.4, 0.5) is 0 Å². The van der Waals surface area contributed by atoms with Gasteiger partial charge in [0.2, 0.25) is 0 Å². The molecule has 21 heavy (non-hydrogen) atoms. The molecule has 1 aromatic rings. The highest BCUT2D eigenvalue weighted by molar-refractivity contribution is 5.46. The Morgan fingerprint density at radius 1 is 0.952 bits per heavy atom. The summed E-state index contributed by atoms with van der Waals surface area (Å²) in [4.78, 5) is 0. The Kier molecular flexibility index (Phi) is 9.61. The van der Waals surface area contributed by atoms with Crippen LogP contribution in [0.1, 0.15) is 18.4 Å². The van der Waals surface area contributed by atoms with Crippen LogP contribution >= 0.6 is 0 Å². The van der Waals surface area contributed by atoms with Gasteiger partial charge in [0.1, 0.15) is 0 Å². The van der Waals surface area contributed by atoms with Crippen molar-refractivity contribution in [2.24, 2.45) is 0 Å². The van der Waals surface area contributed by atoms with Gasteiger partial charge in [-0.25, -0.2) is 0 Å². The maximum Gasteiger partial charge on any atom is 0.165 e. The second-order valence-electron chi connectivity index (χ2n) is 4.67. The standard InChI is InChI=1S/C16H27NO4/c1-18-10-4-5-11-21-16-14(13-17-9-12-19-2)7-6-8-15(16)20-3/h6-8,17H,4-5,9-13H2,1-3H3. The molecule has 5 nitrogen and oxygen atoms in total. The van der Waals surface area contributed by atoms with Gasteiger partial charge >= 0.3 is 0 Å². The molecule has 0 heterocycles. The molecule has 0 aromatic heterocycles. The van der Waals surface area contributed by atoms with Crippen LogP contribution in [-0.2, 0) is 16.0 Å². The van der Waals surface area contributed by atoms with Crippen LogP contribution in [0.25, 0.3) is 0 Å². The molecule has 0 aliphatic heterocycles. The van der Waals surface area contributed by atoms with Crippen LogP contribution in [0.15, 0.2) is 18.2 Å². The maximum absolute atomic E-state index is 5.91. The van der Waals surface area contributed by atoms with E-state index in [2.05, 4.69) is 5.32 Å². The fraction of sp³-hybridized carbons (Fsp3) is 0.625. The van der Waals surface area contributed by atoms with E-state index in [0.717, 1.165) is 49.6 Å². The molecule has 0 amide bonds. The highest BCUT2D eigenvalue weighted by Gasteiger charge is 2.10. The topological polar surface area (TPSA) is 49.0 Å². The van der Waals surface area contributed by atoms with Gasteiger partial charge in [0, 0.05) is 39.5 Å². The highest BCUT2D eigenvalue weighted by atomic mass is 16.5. The molecule has 0 aliphatic rings. The zero-order valence-corrected chi connectivity index (χ0v) is 13.3. The third kappa shape index (κ3) is 6.80. The summed E-state index contributed by atoms with van der Waals surface area (Å²) in [6, 6.07) is 5.94. The second kappa shape index (κ2) is 11.4. The van der Waals surface area contributed by atoms with E-state index >= 15 is 0 Å². The lowest BCUT2D eigenvalue weighted by molar-refractivity contribution is 0.183. The lowest BCUT2D eigenvalue weighted by Crippen LogP contribution is -2.19. The van der Waals surface area contributed by atoms with Gasteiger partial charge in [-0.05, 0) is 18.9 Å². The molecule has 120 valence electrons. The first-order valence-corrected chi connectivity index (χ1v) is 7.30. The Labute approximate surface area is 127 Å². The number of nitrogens with one attached hydrogen (secondary N) is 1. The Bertz CT molecular complexity index is 385. The average molecular weight is 297 g/mol. The normalized spacial score (nSPS) is 10.6. The van der Waals surface area contributed by atoms with Gasteiger partial charge in [0.25, 0.3) is 0 Å². The fourth-order valence-electron chi connectivity index (χ4n) is 1.95. The smallest absolute Gasteiger partial charge is 0.165 e. The van der Waals surface area contributed by atoms with Crippen LogP contribution in [-0.4, -0.2) is 47.7 Å². The van der Waals surface area contributed by atoms with Gasteiger partial charge in [-0.3, -0.25) is 0 Å². The Hall–Kier alpha value is -1.30. The number of rotatable bonds is 12. The largest absolute Gasteiger partial charge is 0.493 e. The summed E-state index contributed by atoms with van der Waals surface area (Å²) in [6.07, 6.45) is 1.95. The van der Waals surface area contributed by atoms with E-state index in [4.69, 9.17) is 18.9 Å². The first-order chi connectivity index (χ1) is 10.3. The first kappa shape index (κ1) is 17.8. The van der Waals surface area contributed by atoms with Gasteiger partial charge in [0.15, 0.2) is 11.5 Å². The monoisotopic (exact) mass is 297 g/mol. The average Bonchev–Trinajstić information content (AvgIpc) is 2.52. The number of ether oxygens (including phenoxy) is 4. The molecular formula is C16H27NO4. The van der Waals surface area contributed by atoms with Crippen molar-refractivity contribution in [3.05, 3.63) is 23.8 Å². The summed E-state index contributed by atoms with van der Waals surface area (Å²) >= 11 is 0. The Morgan fingerprint density at radius 2 is 1.71 bits per heavy atom. The third-order valence-electron chi connectivity index (χ3n) is 3.07. The van der Waals surface area contributed by atoms with Crippen molar-refractivity contribution in [3.8, 4) is 11.5 Å². The molecule has 0 atom stereocenters. The number of hydrogen-bond donors (Lipinski definition) is 1. The van der Waals surface area contributed by atoms with E-state index < -0.39 is 0 Å². The van der Waals surface area contributed by atoms with Gasteiger partial charge in [-0.2, -0.15) is 0 Å². The molecule has 0 spiro atoms. The molecule has 1 aromatic carbocycles. The molecule has 5 heteroatoms. The summed E-state index contributed by atoms with van der Waals surface area (Å²) < 4.78 is 21.4. The van der Waals surface area contributed by atoms with Gasteiger partial charge in [-0.15, -0.1) is 0 Å². The number of para-hydroxylation sites is 1. The predicted molar refractivity (Wildman–Crippen MR) is 83.2 cm³/mol. The van der Waals surface area contributed by atoms with Crippen molar-refractivity contribution in [1.29, 1.82) is 0 Å². The van der Waals surface area contributed by atoms with Crippen molar-refractivity contribution >= 4 is 0 Å². The minimum atomic E-state index is 0.662. The zero-order valence-electron chi connectivity index (χ0n) is 13.3. The van der Waals surface area contributed by atoms with E-state index in [1.165, 1.54) is 0 Å². The minimum absolute atomic E-state index is 0.662.